The van der Waals surface area contributed by atoms with E-state index in [4.69, 9.17) is 4.74 Å². The van der Waals surface area contributed by atoms with E-state index in [2.05, 4.69) is 43.5 Å². The molecule has 85 heavy (non-hydrogen) atoms. The van der Waals surface area contributed by atoms with Gasteiger partial charge >= 0.3 is 5.97 Å². The predicted molar refractivity (Wildman–Crippen MR) is 375 cm³/mol. The van der Waals surface area contributed by atoms with E-state index in [-0.39, 0.29) is 18.5 Å². The average molecular weight is 1200 g/mol. The van der Waals surface area contributed by atoms with Crippen LogP contribution in [-0.4, -0.2) is 47.4 Å². The molecule has 0 aliphatic heterocycles. The Hall–Kier alpha value is -1.92. The minimum absolute atomic E-state index is 0.0173. The second kappa shape index (κ2) is 74.5. The number of carbonyl (C=O) groups excluding carboxylic acids is 2. The smallest absolute Gasteiger partial charge is 0.305 e. The standard InChI is InChI=1S/C79H151NO5/c1-3-5-7-9-11-13-15-17-19-21-36-41-45-49-53-57-61-65-69-73-79(84)85-74-70-66-62-58-54-50-46-42-38-35-33-31-29-27-25-23-24-26-28-30-32-34-37-40-44-48-52-56-60-64-68-72-78(83)80-76(75-81)77(82)71-67-63-59-55-51-47-43-39-22-20-18-16-14-12-10-8-6-4-2/h11,13,17,19,67,71,76-77,81-82H,3-10,12,14-16,18,20-66,68-70,72-75H2,1-2H3,(H,80,83)/b13-11-,19-17-,71-67+. The molecule has 0 saturated heterocycles. The summed E-state index contributed by atoms with van der Waals surface area (Å²) < 4.78 is 5.51. The highest BCUT2D eigenvalue weighted by atomic mass is 16.5. The fourth-order valence-corrected chi connectivity index (χ4v) is 12.3. The summed E-state index contributed by atoms with van der Waals surface area (Å²) in [4.78, 5) is 24.6. The van der Waals surface area contributed by atoms with E-state index in [1.807, 2.05) is 6.08 Å². The molecule has 0 spiro atoms. The Balaban J connectivity index is 3.34. The van der Waals surface area contributed by atoms with Crippen LogP contribution >= 0.6 is 0 Å². The molecule has 6 nitrogen and oxygen atoms in total. The number of unbranched alkanes of at least 4 members (excludes halogenated alkanes) is 58. The molecule has 0 aliphatic rings. The number of ether oxygens (including phenoxy) is 1. The lowest BCUT2D eigenvalue weighted by molar-refractivity contribution is -0.143. The van der Waals surface area contributed by atoms with Crippen LogP contribution in [0.4, 0.5) is 0 Å². The van der Waals surface area contributed by atoms with Crippen LogP contribution in [0.2, 0.25) is 0 Å². The number of carbonyl (C=O) groups is 2. The van der Waals surface area contributed by atoms with E-state index in [1.54, 1.807) is 6.08 Å². The van der Waals surface area contributed by atoms with E-state index in [1.165, 1.54) is 353 Å². The molecule has 2 unspecified atom stereocenters. The normalized spacial score (nSPS) is 12.7. The quantitative estimate of drug-likeness (QED) is 0.0320. The third-order valence-corrected chi connectivity index (χ3v) is 18.2. The zero-order valence-corrected chi connectivity index (χ0v) is 57.6. The molecule has 0 aromatic heterocycles. The predicted octanol–water partition coefficient (Wildman–Crippen LogP) is 25.4. The second-order valence-corrected chi connectivity index (χ2v) is 26.7. The van der Waals surface area contributed by atoms with Crippen LogP contribution in [0.3, 0.4) is 0 Å². The Kier molecular flexibility index (Phi) is 72.9. The van der Waals surface area contributed by atoms with Crippen molar-refractivity contribution < 1.29 is 24.5 Å². The van der Waals surface area contributed by atoms with Crippen LogP contribution in [0.15, 0.2) is 36.5 Å². The Bertz CT molecular complexity index is 1380. The summed E-state index contributed by atoms with van der Waals surface area (Å²) in [5.41, 5.74) is 0. The van der Waals surface area contributed by atoms with Gasteiger partial charge in [-0.15, -0.1) is 0 Å². The molecule has 2 atom stereocenters. The van der Waals surface area contributed by atoms with E-state index in [0.29, 0.717) is 19.4 Å². The SMILES string of the molecule is CCCCC/C=C\C/C=C\CCCCCCCCCCCC(=O)OCCCCCCCCCCCCCCCCCCCCCCCCCCCCCCCCCC(=O)NC(CO)C(O)/C=C/CCCCCCCCCCCCCCCCCC. The number of rotatable bonds is 73. The molecule has 502 valence electrons. The number of nitrogens with one attached hydrogen (secondary N) is 1. The van der Waals surface area contributed by atoms with Crippen molar-refractivity contribution in [1.29, 1.82) is 0 Å². The lowest BCUT2D eigenvalue weighted by atomic mass is 10.0. The van der Waals surface area contributed by atoms with Gasteiger partial charge in [0.2, 0.25) is 5.91 Å². The lowest BCUT2D eigenvalue weighted by Gasteiger charge is -2.20. The molecule has 0 heterocycles. The largest absolute Gasteiger partial charge is 0.466 e. The summed E-state index contributed by atoms with van der Waals surface area (Å²) in [5.74, 6) is -0.0428. The van der Waals surface area contributed by atoms with Gasteiger partial charge in [-0.3, -0.25) is 9.59 Å². The maximum atomic E-state index is 12.5. The highest BCUT2D eigenvalue weighted by Gasteiger charge is 2.18. The van der Waals surface area contributed by atoms with Gasteiger partial charge in [0.25, 0.3) is 0 Å². The summed E-state index contributed by atoms with van der Waals surface area (Å²) in [5, 5.41) is 23.2. The molecule has 0 fully saturated rings. The van der Waals surface area contributed by atoms with Crippen LogP contribution in [0.25, 0.3) is 0 Å². The molecule has 0 aromatic carbocycles. The topological polar surface area (TPSA) is 95.9 Å². The van der Waals surface area contributed by atoms with Crippen molar-refractivity contribution in [3.05, 3.63) is 36.5 Å². The first-order valence-electron chi connectivity index (χ1n) is 38.8. The Morgan fingerprint density at radius 2 is 0.588 bits per heavy atom. The van der Waals surface area contributed by atoms with Gasteiger partial charge in [-0.25, -0.2) is 0 Å². The third-order valence-electron chi connectivity index (χ3n) is 18.2. The van der Waals surface area contributed by atoms with Gasteiger partial charge < -0.3 is 20.3 Å². The maximum absolute atomic E-state index is 12.5. The average Bonchev–Trinajstić information content (AvgIpc) is 3.51. The van der Waals surface area contributed by atoms with Crippen LogP contribution in [0.5, 0.6) is 0 Å². The van der Waals surface area contributed by atoms with Crippen molar-refractivity contribution in [3.63, 3.8) is 0 Å². The number of hydrogen-bond acceptors (Lipinski definition) is 5. The Labute approximate surface area is 532 Å². The highest BCUT2D eigenvalue weighted by Crippen LogP contribution is 2.20. The van der Waals surface area contributed by atoms with Crippen molar-refractivity contribution in [2.45, 2.75) is 443 Å². The summed E-state index contributed by atoms with van der Waals surface area (Å²) >= 11 is 0. The zero-order valence-electron chi connectivity index (χ0n) is 57.6. The molecule has 6 heteroatoms. The van der Waals surface area contributed by atoms with Crippen molar-refractivity contribution in [3.8, 4) is 0 Å². The number of aliphatic hydroxyl groups is 2. The number of esters is 1. The first-order chi connectivity index (χ1) is 42.0. The van der Waals surface area contributed by atoms with Crippen molar-refractivity contribution >= 4 is 11.9 Å². The van der Waals surface area contributed by atoms with Crippen molar-refractivity contribution in [2.75, 3.05) is 13.2 Å². The monoisotopic (exact) mass is 1190 g/mol. The molecule has 0 bridgehead atoms. The van der Waals surface area contributed by atoms with E-state index in [9.17, 15) is 19.8 Å². The fourth-order valence-electron chi connectivity index (χ4n) is 12.3. The van der Waals surface area contributed by atoms with Gasteiger partial charge in [-0.05, 0) is 64.2 Å². The summed E-state index contributed by atoms with van der Waals surface area (Å²) in [6.07, 6.45) is 96.8. The molecule has 0 saturated carbocycles. The first kappa shape index (κ1) is 83.1. The van der Waals surface area contributed by atoms with Crippen LogP contribution < -0.4 is 5.32 Å². The summed E-state index contributed by atoms with van der Waals surface area (Å²) in [6, 6.07) is -0.625. The van der Waals surface area contributed by atoms with Crippen molar-refractivity contribution in [2.24, 2.45) is 0 Å². The maximum Gasteiger partial charge on any atom is 0.305 e. The highest BCUT2D eigenvalue weighted by molar-refractivity contribution is 5.76. The zero-order chi connectivity index (χ0) is 61.3. The van der Waals surface area contributed by atoms with E-state index in [0.717, 1.165) is 51.4 Å². The Morgan fingerprint density at radius 3 is 0.918 bits per heavy atom. The molecule has 3 N–H and O–H groups in total. The van der Waals surface area contributed by atoms with Gasteiger partial charge in [0.1, 0.15) is 0 Å². The van der Waals surface area contributed by atoms with Crippen LogP contribution in [0, 0.1) is 0 Å². The molecule has 0 aromatic rings. The summed E-state index contributed by atoms with van der Waals surface area (Å²) in [6.45, 7) is 4.92. The summed E-state index contributed by atoms with van der Waals surface area (Å²) in [7, 11) is 0. The van der Waals surface area contributed by atoms with E-state index >= 15 is 0 Å². The minimum atomic E-state index is -0.842. The molecule has 0 aliphatic carbocycles. The van der Waals surface area contributed by atoms with Gasteiger partial charge in [-0.2, -0.15) is 0 Å². The lowest BCUT2D eigenvalue weighted by Crippen LogP contribution is -2.45. The third kappa shape index (κ3) is 71.0. The second-order valence-electron chi connectivity index (χ2n) is 26.7. The van der Waals surface area contributed by atoms with Crippen molar-refractivity contribution in [1.82, 2.24) is 5.32 Å². The van der Waals surface area contributed by atoms with Gasteiger partial charge in [-0.1, -0.05) is 391 Å². The molecule has 0 rings (SSSR count). The van der Waals surface area contributed by atoms with Crippen LogP contribution in [-0.2, 0) is 14.3 Å². The first-order valence-corrected chi connectivity index (χ1v) is 38.8. The molecular weight excluding hydrogens is 1040 g/mol. The van der Waals surface area contributed by atoms with Gasteiger partial charge in [0.15, 0.2) is 0 Å². The molecule has 0 radical (unpaired) electrons. The van der Waals surface area contributed by atoms with Crippen LogP contribution in [0.1, 0.15) is 431 Å². The molecule has 1 amide bonds. The Morgan fingerprint density at radius 1 is 0.329 bits per heavy atom. The van der Waals surface area contributed by atoms with Gasteiger partial charge in [0.05, 0.1) is 25.4 Å². The van der Waals surface area contributed by atoms with Gasteiger partial charge in [0, 0.05) is 12.8 Å². The number of allylic oxidation sites excluding steroid dienone is 5. The molecular formula is C79H151NO5. The number of aliphatic hydroxyl groups excluding tert-OH is 2. The minimum Gasteiger partial charge on any atom is -0.466 e. The van der Waals surface area contributed by atoms with E-state index < -0.39 is 12.1 Å². The number of hydrogen-bond donors (Lipinski definition) is 3. The number of amides is 1. The fraction of sp³-hybridized carbons (Fsp3) is 0.899.